The van der Waals surface area contributed by atoms with Crippen LogP contribution in [0.3, 0.4) is 0 Å². The normalized spacial score (nSPS) is 22.6. The van der Waals surface area contributed by atoms with Gasteiger partial charge < -0.3 is 10.4 Å². The van der Waals surface area contributed by atoms with E-state index in [-0.39, 0.29) is 18.1 Å². The highest BCUT2D eigenvalue weighted by Gasteiger charge is 2.22. The monoisotopic (exact) mass is 307 g/mol. The molecule has 1 saturated carbocycles. The van der Waals surface area contributed by atoms with E-state index in [1.165, 1.54) is 11.1 Å². The van der Waals surface area contributed by atoms with Crippen molar-refractivity contribution in [1.29, 1.82) is 0 Å². The third-order valence-electron chi connectivity index (χ3n) is 3.91. The second-order valence-corrected chi connectivity index (χ2v) is 6.85. The predicted molar refractivity (Wildman–Crippen MR) is 88.4 cm³/mol. The van der Waals surface area contributed by atoms with Crippen LogP contribution in [-0.4, -0.2) is 28.9 Å². The third-order valence-corrected chi connectivity index (χ3v) is 4.91. The molecule has 0 heterocycles. The van der Waals surface area contributed by atoms with Gasteiger partial charge in [-0.1, -0.05) is 49.1 Å². The summed E-state index contributed by atoms with van der Waals surface area (Å²) in [5.74, 6) is 1.35. The number of amides is 1. The Morgan fingerprint density at radius 3 is 2.95 bits per heavy atom. The van der Waals surface area contributed by atoms with Crippen molar-refractivity contribution in [1.82, 2.24) is 5.32 Å². The van der Waals surface area contributed by atoms with Gasteiger partial charge in [-0.05, 0) is 25.3 Å². The van der Waals surface area contributed by atoms with E-state index in [1.54, 1.807) is 11.8 Å². The van der Waals surface area contributed by atoms with Crippen LogP contribution in [0.4, 0.5) is 0 Å². The zero-order valence-corrected chi connectivity index (χ0v) is 13.5. The van der Waals surface area contributed by atoms with Gasteiger partial charge in [0, 0.05) is 5.75 Å². The number of hydrogen-bond acceptors (Lipinski definition) is 3. The molecule has 0 aliphatic heterocycles. The highest BCUT2D eigenvalue weighted by Crippen LogP contribution is 2.18. The number of aliphatic hydroxyl groups is 1. The van der Waals surface area contributed by atoms with Crippen molar-refractivity contribution in [2.24, 2.45) is 0 Å². The smallest absolute Gasteiger partial charge is 0.230 e. The molecular formula is C17H25NO2S. The van der Waals surface area contributed by atoms with E-state index in [1.807, 2.05) is 6.07 Å². The van der Waals surface area contributed by atoms with Crippen LogP contribution in [-0.2, 0) is 10.5 Å². The lowest BCUT2D eigenvalue weighted by molar-refractivity contribution is -0.120. The fourth-order valence-corrected chi connectivity index (χ4v) is 3.55. The Hall–Kier alpha value is -1.00. The predicted octanol–water partition coefficient (Wildman–Crippen LogP) is 3.04. The van der Waals surface area contributed by atoms with E-state index >= 15 is 0 Å². The first-order valence-corrected chi connectivity index (χ1v) is 8.91. The number of carbonyl (C=O) groups excluding carboxylic acids is 1. The summed E-state index contributed by atoms with van der Waals surface area (Å²) in [6.45, 7) is 2.08. The van der Waals surface area contributed by atoms with Gasteiger partial charge in [0.05, 0.1) is 17.9 Å². The molecule has 2 unspecified atom stereocenters. The number of aryl methyl sites for hydroxylation is 1. The summed E-state index contributed by atoms with van der Waals surface area (Å²) in [5.41, 5.74) is 2.50. The summed E-state index contributed by atoms with van der Waals surface area (Å²) in [7, 11) is 0. The van der Waals surface area contributed by atoms with Crippen LogP contribution in [0.5, 0.6) is 0 Å². The molecule has 1 fully saturated rings. The molecule has 0 saturated heterocycles. The molecule has 21 heavy (non-hydrogen) atoms. The molecular weight excluding hydrogens is 282 g/mol. The molecule has 0 spiro atoms. The summed E-state index contributed by atoms with van der Waals surface area (Å²) in [6.07, 6.45) is 4.65. The first-order valence-electron chi connectivity index (χ1n) is 7.76. The van der Waals surface area contributed by atoms with E-state index in [0.717, 1.165) is 37.9 Å². The second-order valence-electron chi connectivity index (χ2n) is 5.86. The van der Waals surface area contributed by atoms with Crippen molar-refractivity contribution in [3.63, 3.8) is 0 Å². The molecule has 0 bridgehead atoms. The topological polar surface area (TPSA) is 49.3 Å². The summed E-state index contributed by atoms with van der Waals surface area (Å²) in [5, 5.41) is 13.0. The Kier molecular flexibility index (Phi) is 6.58. The van der Waals surface area contributed by atoms with Crippen LogP contribution in [0.1, 0.15) is 43.2 Å². The van der Waals surface area contributed by atoms with Crippen LogP contribution >= 0.6 is 11.8 Å². The summed E-state index contributed by atoms with van der Waals surface area (Å²) in [6, 6.07) is 8.31. The minimum absolute atomic E-state index is 0.0404. The summed E-state index contributed by atoms with van der Waals surface area (Å²) >= 11 is 1.62. The van der Waals surface area contributed by atoms with Crippen LogP contribution in [0.15, 0.2) is 24.3 Å². The first kappa shape index (κ1) is 16.4. The zero-order chi connectivity index (χ0) is 15.1. The number of nitrogens with one attached hydrogen (secondary N) is 1. The molecule has 2 atom stereocenters. The average Bonchev–Trinajstić information content (AvgIpc) is 2.64. The lowest BCUT2D eigenvalue weighted by Gasteiger charge is -2.21. The fraction of sp³-hybridized carbons (Fsp3) is 0.588. The number of rotatable bonds is 5. The number of aliphatic hydroxyl groups excluding tert-OH is 1. The van der Waals surface area contributed by atoms with Crippen LogP contribution < -0.4 is 5.32 Å². The lowest BCUT2D eigenvalue weighted by atomic mass is 10.1. The Morgan fingerprint density at radius 2 is 2.14 bits per heavy atom. The maximum absolute atomic E-state index is 12.0. The Morgan fingerprint density at radius 1 is 1.33 bits per heavy atom. The van der Waals surface area contributed by atoms with E-state index in [4.69, 9.17) is 0 Å². The fourth-order valence-electron chi connectivity index (χ4n) is 2.77. The van der Waals surface area contributed by atoms with Gasteiger partial charge in [0.2, 0.25) is 5.91 Å². The van der Waals surface area contributed by atoms with Crippen molar-refractivity contribution in [3.8, 4) is 0 Å². The van der Waals surface area contributed by atoms with Crippen molar-refractivity contribution in [2.45, 2.75) is 56.9 Å². The zero-order valence-electron chi connectivity index (χ0n) is 12.7. The molecule has 0 aromatic heterocycles. The van der Waals surface area contributed by atoms with Crippen molar-refractivity contribution < 1.29 is 9.90 Å². The van der Waals surface area contributed by atoms with Gasteiger partial charge in [0.25, 0.3) is 0 Å². The van der Waals surface area contributed by atoms with E-state index in [9.17, 15) is 9.90 Å². The molecule has 2 rings (SSSR count). The molecule has 1 aromatic rings. The Labute approximate surface area is 131 Å². The quantitative estimate of drug-likeness (QED) is 0.822. The highest BCUT2D eigenvalue weighted by atomic mass is 32.2. The highest BCUT2D eigenvalue weighted by molar-refractivity contribution is 7.99. The molecule has 3 nitrogen and oxygen atoms in total. The van der Waals surface area contributed by atoms with Gasteiger partial charge in [0.1, 0.15) is 0 Å². The van der Waals surface area contributed by atoms with Gasteiger partial charge in [-0.3, -0.25) is 4.79 Å². The number of thioether (sulfide) groups is 1. The minimum Gasteiger partial charge on any atom is -0.391 e. The molecule has 1 aliphatic carbocycles. The summed E-state index contributed by atoms with van der Waals surface area (Å²) < 4.78 is 0. The van der Waals surface area contributed by atoms with Gasteiger partial charge in [0.15, 0.2) is 0 Å². The van der Waals surface area contributed by atoms with Gasteiger partial charge in [-0.2, -0.15) is 0 Å². The van der Waals surface area contributed by atoms with Gasteiger partial charge in [-0.25, -0.2) is 0 Å². The Balaban J connectivity index is 1.71. The molecule has 1 aromatic carbocycles. The number of carbonyl (C=O) groups is 1. The largest absolute Gasteiger partial charge is 0.391 e. The molecule has 0 radical (unpaired) electrons. The van der Waals surface area contributed by atoms with Crippen LogP contribution in [0.2, 0.25) is 0 Å². The van der Waals surface area contributed by atoms with Gasteiger partial charge >= 0.3 is 0 Å². The maximum atomic E-state index is 12.0. The van der Waals surface area contributed by atoms with Crippen molar-refractivity contribution >= 4 is 17.7 Å². The molecule has 2 N–H and O–H groups in total. The minimum atomic E-state index is -0.377. The molecule has 4 heteroatoms. The molecule has 1 amide bonds. The van der Waals surface area contributed by atoms with E-state index < -0.39 is 0 Å². The first-order chi connectivity index (χ1) is 10.1. The van der Waals surface area contributed by atoms with Crippen LogP contribution in [0, 0.1) is 6.92 Å². The van der Waals surface area contributed by atoms with E-state index in [2.05, 4.69) is 30.4 Å². The molecule has 116 valence electrons. The summed E-state index contributed by atoms with van der Waals surface area (Å²) in [4.78, 5) is 12.0. The third kappa shape index (κ3) is 5.71. The SMILES string of the molecule is Cc1cccc(CSCC(=O)NC2CCCCCC2O)c1. The number of hydrogen-bond donors (Lipinski definition) is 2. The van der Waals surface area contributed by atoms with Gasteiger partial charge in [-0.15, -0.1) is 11.8 Å². The van der Waals surface area contributed by atoms with E-state index in [0.29, 0.717) is 5.75 Å². The standard InChI is InChI=1S/C17H25NO2S/c1-13-6-5-7-14(10-13)11-21-12-17(20)18-15-8-3-2-4-9-16(15)19/h5-7,10,15-16,19H,2-4,8-9,11-12H2,1H3,(H,18,20). The molecule has 1 aliphatic rings. The maximum Gasteiger partial charge on any atom is 0.230 e. The van der Waals surface area contributed by atoms with Crippen molar-refractivity contribution in [3.05, 3.63) is 35.4 Å². The van der Waals surface area contributed by atoms with Crippen LogP contribution in [0.25, 0.3) is 0 Å². The number of benzene rings is 1. The average molecular weight is 307 g/mol. The lowest BCUT2D eigenvalue weighted by Crippen LogP contribution is -2.43. The second kappa shape index (κ2) is 8.44. The van der Waals surface area contributed by atoms with Crippen molar-refractivity contribution in [2.75, 3.05) is 5.75 Å². The Bertz CT molecular complexity index is 464.